The fourth-order valence-corrected chi connectivity index (χ4v) is 2.26. The highest BCUT2D eigenvalue weighted by atomic mass is 15.2. The van der Waals surface area contributed by atoms with E-state index in [2.05, 4.69) is 62.2 Å². The summed E-state index contributed by atoms with van der Waals surface area (Å²) in [6.45, 7) is 8.52. The van der Waals surface area contributed by atoms with E-state index < -0.39 is 0 Å². The Balaban J connectivity index is 2.68. The number of aromatic nitrogens is 1. The summed E-state index contributed by atoms with van der Waals surface area (Å²) in [5, 5.41) is 3.47. The van der Waals surface area contributed by atoms with Crippen LogP contribution in [-0.2, 0) is 13.0 Å². The quantitative estimate of drug-likeness (QED) is 0.672. The Hall–Kier alpha value is -1.13. The first-order valence-corrected chi connectivity index (χ1v) is 8.13. The molecule has 0 saturated carbocycles. The highest BCUT2D eigenvalue weighted by molar-refractivity contribution is 5.42. The first kappa shape index (κ1) is 17.9. The van der Waals surface area contributed by atoms with Crippen molar-refractivity contribution in [2.75, 3.05) is 45.7 Å². The Kier molecular flexibility index (Phi) is 8.31. The molecular weight excluding hydrogens is 260 g/mol. The Morgan fingerprint density at radius 2 is 1.86 bits per heavy atom. The minimum absolute atomic E-state index is 0.932. The molecule has 4 nitrogen and oxygen atoms in total. The van der Waals surface area contributed by atoms with Gasteiger partial charge in [-0.3, -0.25) is 0 Å². The number of rotatable bonds is 10. The fraction of sp³-hybridized carbons (Fsp3) is 0.706. The fourth-order valence-electron chi connectivity index (χ4n) is 2.26. The SMILES string of the molecule is CCCNCc1cc(CC)nc(N(C)CCCN(C)C)c1. The minimum atomic E-state index is 0.932. The van der Waals surface area contributed by atoms with Crippen LogP contribution in [0.4, 0.5) is 5.82 Å². The molecule has 0 fully saturated rings. The van der Waals surface area contributed by atoms with E-state index in [4.69, 9.17) is 4.98 Å². The van der Waals surface area contributed by atoms with Crippen LogP contribution in [0.3, 0.4) is 0 Å². The maximum Gasteiger partial charge on any atom is 0.128 e. The van der Waals surface area contributed by atoms with E-state index in [1.165, 1.54) is 17.7 Å². The average molecular weight is 292 g/mol. The molecule has 0 aliphatic rings. The molecule has 1 rings (SSSR count). The number of aryl methyl sites for hydroxylation is 1. The largest absolute Gasteiger partial charge is 0.360 e. The standard InChI is InChI=1S/C17H32N4/c1-6-9-18-14-15-12-16(7-2)19-17(13-15)21(5)11-8-10-20(3)4/h12-13,18H,6-11,14H2,1-5H3. The van der Waals surface area contributed by atoms with Crippen LogP contribution in [-0.4, -0.2) is 50.7 Å². The van der Waals surface area contributed by atoms with Crippen LogP contribution in [0.2, 0.25) is 0 Å². The summed E-state index contributed by atoms with van der Waals surface area (Å²) >= 11 is 0. The van der Waals surface area contributed by atoms with Crippen molar-refractivity contribution in [3.63, 3.8) is 0 Å². The molecule has 0 aromatic carbocycles. The molecular formula is C17H32N4. The zero-order chi connectivity index (χ0) is 15.7. The number of hydrogen-bond donors (Lipinski definition) is 1. The second kappa shape index (κ2) is 9.74. The second-order valence-corrected chi connectivity index (χ2v) is 5.93. The lowest BCUT2D eigenvalue weighted by molar-refractivity contribution is 0.401. The lowest BCUT2D eigenvalue weighted by Crippen LogP contribution is -2.24. The van der Waals surface area contributed by atoms with Crippen molar-refractivity contribution in [3.8, 4) is 0 Å². The molecule has 0 spiro atoms. The molecule has 1 heterocycles. The van der Waals surface area contributed by atoms with Gasteiger partial charge in [0.25, 0.3) is 0 Å². The Labute approximate surface area is 130 Å². The van der Waals surface area contributed by atoms with Crippen molar-refractivity contribution in [3.05, 3.63) is 23.4 Å². The normalized spacial score (nSPS) is 11.1. The van der Waals surface area contributed by atoms with E-state index in [0.717, 1.165) is 44.8 Å². The summed E-state index contributed by atoms with van der Waals surface area (Å²) < 4.78 is 0. The third kappa shape index (κ3) is 6.91. The van der Waals surface area contributed by atoms with Gasteiger partial charge in [0, 0.05) is 25.8 Å². The van der Waals surface area contributed by atoms with Gasteiger partial charge in [0.15, 0.2) is 0 Å². The van der Waals surface area contributed by atoms with Crippen LogP contribution in [0.1, 0.15) is 37.9 Å². The molecule has 120 valence electrons. The molecule has 1 aromatic rings. The van der Waals surface area contributed by atoms with Gasteiger partial charge in [-0.15, -0.1) is 0 Å². The second-order valence-electron chi connectivity index (χ2n) is 5.93. The van der Waals surface area contributed by atoms with Gasteiger partial charge in [0.2, 0.25) is 0 Å². The van der Waals surface area contributed by atoms with Crippen LogP contribution < -0.4 is 10.2 Å². The van der Waals surface area contributed by atoms with Gasteiger partial charge in [0.1, 0.15) is 5.82 Å². The number of pyridine rings is 1. The van der Waals surface area contributed by atoms with Crippen molar-refractivity contribution >= 4 is 5.82 Å². The third-order valence-corrected chi connectivity index (χ3v) is 3.53. The van der Waals surface area contributed by atoms with Gasteiger partial charge in [-0.2, -0.15) is 0 Å². The molecule has 0 atom stereocenters. The molecule has 1 aromatic heterocycles. The molecule has 0 amide bonds. The van der Waals surface area contributed by atoms with Crippen molar-refractivity contribution in [2.45, 2.75) is 39.7 Å². The van der Waals surface area contributed by atoms with Gasteiger partial charge in [0.05, 0.1) is 0 Å². The van der Waals surface area contributed by atoms with Crippen molar-refractivity contribution in [2.24, 2.45) is 0 Å². The number of anilines is 1. The van der Waals surface area contributed by atoms with Crippen molar-refractivity contribution in [1.29, 1.82) is 0 Å². The van der Waals surface area contributed by atoms with Crippen LogP contribution >= 0.6 is 0 Å². The molecule has 0 bridgehead atoms. The van der Waals surface area contributed by atoms with Gasteiger partial charge in [-0.05, 0) is 64.1 Å². The summed E-state index contributed by atoms with van der Waals surface area (Å²) in [6.07, 6.45) is 3.31. The van der Waals surface area contributed by atoms with Crippen LogP contribution in [0.15, 0.2) is 12.1 Å². The zero-order valence-corrected chi connectivity index (χ0v) is 14.4. The first-order valence-electron chi connectivity index (χ1n) is 8.13. The summed E-state index contributed by atoms with van der Waals surface area (Å²) in [6, 6.07) is 4.44. The van der Waals surface area contributed by atoms with Crippen LogP contribution in [0.5, 0.6) is 0 Å². The Bertz CT molecular complexity index is 404. The monoisotopic (exact) mass is 292 g/mol. The molecule has 0 unspecified atom stereocenters. The lowest BCUT2D eigenvalue weighted by atomic mass is 10.2. The minimum Gasteiger partial charge on any atom is -0.360 e. The number of nitrogens with zero attached hydrogens (tertiary/aromatic N) is 3. The molecule has 4 heteroatoms. The van der Waals surface area contributed by atoms with Crippen LogP contribution in [0.25, 0.3) is 0 Å². The van der Waals surface area contributed by atoms with Gasteiger partial charge >= 0.3 is 0 Å². The molecule has 21 heavy (non-hydrogen) atoms. The predicted octanol–water partition coefficient (Wildman–Crippen LogP) is 2.53. The number of hydrogen-bond acceptors (Lipinski definition) is 4. The first-order chi connectivity index (χ1) is 10.1. The van der Waals surface area contributed by atoms with Crippen molar-refractivity contribution < 1.29 is 0 Å². The van der Waals surface area contributed by atoms with E-state index in [-0.39, 0.29) is 0 Å². The summed E-state index contributed by atoms with van der Waals surface area (Å²) in [5.74, 6) is 1.10. The predicted molar refractivity (Wildman–Crippen MR) is 92.1 cm³/mol. The molecule has 0 saturated heterocycles. The summed E-state index contributed by atoms with van der Waals surface area (Å²) in [7, 11) is 6.38. The Morgan fingerprint density at radius 1 is 1.10 bits per heavy atom. The summed E-state index contributed by atoms with van der Waals surface area (Å²) in [4.78, 5) is 9.26. The number of nitrogens with one attached hydrogen (secondary N) is 1. The van der Waals surface area contributed by atoms with E-state index in [9.17, 15) is 0 Å². The highest BCUT2D eigenvalue weighted by Gasteiger charge is 2.06. The maximum absolute atomic E-state index is 4.76. The molecule has 0 radical (unpaired) electrons. The topological polar surface area (TPSA) is 31.4 Å². The van der Waals surface area contributed by atoms with Gasteiger partial charge in [-0.25, -0.2) is 4.98 Å². The highest BCUT2D eigenvalue weighted by Crippen LogP contribution is 2.15. The van der Waals surface area contributed by atoms with Crippen molar-refractivity contribution in [1.82, 2.24) is 15.2 Å². The van der Waals surface area contributed by atoms with Gasteiger partial charge < -0.3 is 15.1 Å². The summed E-state index contributed by atoms with van der Waals surface area (Å²) in [5.41, 5.74) is 2.52. The lowest BCUT2D eigenvalue weighted by Gasteiger charge is -2.21. The van der Waals surface area contributed by atoms with E-state index >= 15 is 0 Å². The average Bonchev–Trinajstić information content (AvgIpc) is 2.46. The molecule has 0 aliphatic heterocycles. The Morgan fingerprint density at radius 3 is 2.48 bits per heavy atom. The maximum atomic E-state index is 4.76. The molecule has 0 aliphatic carbocycles. The smallest absolute Gasteiger partial charge is 0.128 e. The molecule has 1 N–H and O–H groups in total. The van der Waals surface area contributed by atoms with Gasteiger partial charge in [-0.1, -0.05) is 13.8 Å². The van der Waals surface area contributed by atoms with E-state index in [0.29, 0.717) is 0 Å². The third-order valence-electron chi connectivity index (χ3n) is 3.53. The van der Waals surface area contributed by atoms with Crippen LogP contribution in [0, 0.1) is 0 Å². The zero-order valence-electron chi connectivity index (χ0n) is 14.4. The van der Waals surface area contributed by atoms with E-state index in [1.54, 1.807) is 0 Å². The van der Waals surface area contributed by atoms with E-state index in [1.807, 2.05) is 0 Å².